The molecule has 4 heteroatoms. The Labute approximate surface area is 130 Å². The molecule has 1 atom stereocenters. The van der Waals surface area contributed by atoms with E-state index in [-0.39, 0.29) is 11.8 Å². The van der Waals surface area contributed by atoms with Crippen molar-refractivity contribution in [3.63, 3.8) is 0 Å². The van der Waals surface area contributed by atoms with Crippen LogP contribution in [0.1, 0.15) is 50.0 Å². The highest BCUT2D eigenvalue weighted by Crippen LogP contribution is 2.25. The molecule has 3 nitrogen and oxygen atoms in total. The summed E-state index contributed by atoms with van der Waals surface area (Å²) in [6, 6.07) is 11.5. The summed E-state index contributed by atoms with van der Waals surface area (Å²) in [5.41, 5.74) is 1.18. The zero-order chi connectivity index (χ0) is 15.8. The SMILES string of the molecule is CCCCCC(=O)OC(c1cccc(F)c1)c1ccccn1. The van der Waals surface area contributed by atoms with Gasteiger partial charge in [0.1, 0.15) is 5.82 Å². The molecule has 0 aliphatic heterocycles. The van der Waals surface area contributed by atoms with Crippen LogP contribution in [-0.4, -0.2) is 11.0 Å². The van der Waals surface area contributed by atoms with E-state index in [9.17, 15) is 9.18 Å². The molecule has 1 unspecified atom stereocenters. The number of hydrogen-bond donors (Lipinski definition) is 0. The van der Waals surface area contributed by atoms with Gasteiger partial charge in [-0.2, -0.15) is 0 Å². The van der Waals surface area contributed by atoms with E-state index in [0.29, 0.717) is 17.7 Å². The number of halogens is 1. The molecule has 22 heavy (non-hydrogen) atoms. The molecule has 2 aromatic rings. The number of ether oxygens (including phenoxy) is 1. The molecule has 0 aliphatic rings. The van der Waals surface area contributed by atoms with Crippen LogP contribution in [0.5, 0.6) is 0 Å². The van der Waals surface area contributed by atoms with Gasteiger partial charge in [0.15, 0.2) is 6.10 Å². The van der Waals surface area contributed by atoms with E-state index in [2.05, 4.69) is 11.9 Å². The van der Waals surface area contributed by atoms with Gasteiger partial charge >= 0.3 is 5.97 Å². The van der Waals surface area contributed by atoms with Crippen molar-refractivity contribution < 1.29 is 13.9 Å². The summed E-state index contributed by atoms with van der Waals surface area (Å²) in [7, 11) is 0. The molecule has 0 saturated heterocycles. The molecule has 1 aromatic carbocycles. The molecule has 1 aromatic heterocycles. The fourth-order valence-electron chi connectivity index (χ4n) is 2.21. The van der Waals surface area contributed by atoms with Crippen molar-refractivity contribution in [2.75, 3.05) is 0 Å². The topological polar surface area (TPSA) is 39.2 Å². The Morgan fingerprint density at radius 2 is 2.09 bits per heavy atom. The van der Waals surface area contributed by atoms with E-state index in [1.165, 1.54) is 12.1 Å². The van der Waals surface area contributed by atoms with E-state index in [1.54, 1.807) is 30.5 Å². The maximum Gasteiger partial charge on any atom is 0.306 e. The molecule has 116 valence electrons. The summed E-state index contributed by atoms with van der Waals surface area (Å²) in [4.78, 5) is 16.3. The van der Waals surface area contributed by atoms with Crippen LogP contribution in [0, 0.1) is 5.82 Å². The summed E-state index contributed by atoms with van der Waals surface area (Å²) < 4.78 is 19.0. The molecule has 0 spiro atoms. The van der Waals surface area contributed by atoms with Crippen LogP contribution < -0.4 is 0 Å². The number of carbonyl (C=O) groups excluding carboxylic acids is 1. The number of nitrogens with zero attached hydrogens (tertiary/aromatic N) is 1. The quantitative estimate of drug-likeness (QED) is 0.561. The van der Waals surface area contributed by atoms with Gasteiger partial charge in [-0.1, -0.05) is 38.0 Å². The first-order valence-electron chi connectivity index (χ1n) is 7.56. The number of benzene rings is 1. The fraction of sp³-hybridized carbons (Fsp3) is 0.333. The van der Waals surface area contributed by atoms with E-state index >= 15 is 0 Å². The lowest BCUT2D eigenvalue weighted by Crippen LogP contribution is -2.14. The highest BCUT2D eigenvalue weighted by atomic mass is 19.1. The number of esters is 1. The fourth-order valence-corrected chi connectivity index (χ4v) is 2.21. The molecular formula is C18H20FNO2. The lowest BCUT2D eigenvalue weighted by atomic mass is 10.1. The van der Waals surface area contributed by atoms with Crippen LogP contribution in [0.3, 0.4) is 0 Å². The third-order valence-electron chi connectivity index (χ3n) is 3.34. The minimum atomic E-state index is -0.675. The van der Waals surface area contributed by atoms with Gasteiger partial charge in [0.2, 0.25) is 0 Å². The average Bonchev–Trinajstić information content (AvgIpc) is 2.54. The van der Waals surface area contributed by atoms with Gasteiger partial charge in [0.05, 0.1) is 5.69 Å². The van der Waals surface area contributed by atoms with Crippen molar-refractivity contribution >= 4 is 5.97 Å². The Morgan fingerprint density at radius 1 is 1.23 bits per heavy atom. The largest absolute Gasteiger partial charge is 0.451 e. The zero-order valence-electron chi connectivity index (χ0n) is 12.7. The number of rotatable bonds is 7. The smallest absolute Gasteiger partial charge is 0.306 e. The van der Waals surface area contributed by atoms with Crippen LogP contribution in [0.25, 0.3) is 0 Å². The Morgan fingerprint density at radius 3 is 2.77 bits per heavy atom. The monoisotopic (exact) mass is 301 g/mol. The van der Waals surface area contributed by atoms with Crippen molar-refractivity contribution in [1.29, 1.82) is 0 Å². The standard InChI is InChI=1S/C18H20FNO2/c1-2-3-4-11-17(21)22-18(16-10-5-6-12-20-16)14-8-7-9-15(19)13-14/h5-10,12-13,18H,2-4,11H2,1H3. The summed E-state index contributed by atoms with van der Waals surface area (Å²) >= 11 is 0. The zero-order valence-corrected chi connectivity index (χ0v) is 12.7. The lowest BCUT2D eigenvalue weighted by Gasteiger charge is -2.18. The van der Waals surface area contributed by atoms with Crippen molar-refractivity contribution in [2.24, 2.45) is 0 Å². The molecule has 0 N–H and O–H groups in total. The molecule has 0 aliphatic carbocycles. The summed E-state index contributed by atoms with van der Waals surface area (Å²) in [6.45, 7) is 2.08. The summed E-state index contributed by atoms with van der Waals surface area (Å²) in [6.07, 6.45) is 4.16. The molecule has 0 radical (unpaired) electrons. The number of unbranched alkanes of at least 4 members (excludes halogenated alkanes) is 2. The predicted molar refractivity (Wildman–Crippen MR) is 82.7 cm³/mol. The van der Waals surface area contributed by atoms with Crippen molar-refractivity contribution in [2.45, 2.75) is 38.7 Å². The second-order valence-corrected chi connectivity index (χ2v) is 5.14. The lowest BCUT2D eigenvalue weighted by molar-refractivity contribution is -0.147. The van der Waals surface area contributed by atoms with Gasteiger partial charge in [0.25, 0.3) is 0 Å². The van der Waals surface area contributed by atoms with Crippen molar-refractivity contribution in [3.05, 3.63) is 65.7 Å². The first kappa shape index (κ1) is 16.1. The highest BCUT2D eigenvalue weighted by Gasteiger charge is 2.20. The minimum Gasteiger partial charge on any atom is -0.451 e. The molecule has 2 rings (SSSR count). The van der Waals surface area contributed by atoms with Crippen molar-refractivity contribution in [1.82, 2.24) is 4.98 Å². The maximum atomic E-state index is 13.5. The number of pyridine rings is 1. The molecule has 0 fully saturated rings. The van der Waals surface area contributed by atoms with Crippen LogP contribution in [0.2, 0.25) is 0 Å². The Hall–Kier alpha value is -2.23. The average molecular weight is 301 g/mol. The third kappa shape index (κ3) is 4.65. The number of carbonyl (C=O) groups is 1. The van der Waals surface area contributed by atoms with E-state index in [4.69, 9.17) is 4.74 Å². The number of aromatic nitrogens is 1. The first-order valence-corrected chi connectivity index (χ1v) is 7.56. The molecule has 0 saturated carbocycles. The summed E-state index contributed by atoms with van der Waals surface area (Å²) in [5, 5.41) is 0. The third-order valence-corrected chi connectivity index (χ3v) is 3.34. The Bertz CT molecular complexity index is 601. The predicted octanol–water partition coefficient (Wildman–Crippen LogP) is 4.43. The van der Waals surface area contributed by atoms with E-state index in [1.807, 2.05) is 6.07 Å². The van der Waals surface area contributed by atoms with Gasteiger partial charge in [-0.3, -0.25) is 9.78 Å². The molecular weight excluding hydrogens is 281 g/mol. The Balaban J connectivity index is 2.17. The molecule has 0 bridgehead atoms. The molecule has 0 amide bonds. The number of hydrogen-bond acceptors (Lipinski definition) is 3. The normalized spacial score (nSPS) is 11.9. The van der Waals surface area contributed by atoms with Gasteiger partial charge in [0, 0.05) is 18.2 Å². The second-order valence-electron chi connectivity index (χ2n) is 5.14. The molecule has 1 heterocycles. The van der Waals surface area contributed by atoms with Gasteiger partial charge in [-0.25, -0.2) is 4.39 Å². The summed E-state index contributed by atoms with van der Waals surface area (Å²) in [5.74, 6) is -0.645. The Kier molecular flexibility index (Phi) is 6.07. The van der Waals surface area contributed by atoms with Gasteiger partial charge in [-0.15, -0.1) is 0 Å². The highest BCUT2D eigenvalue weighted by molar-refractivity contribution is 5.70. The second kappa shape index (κ2) is 8.27. The van der Waals surface area contributed by atoms with E-state index in [0.717, 1.165) is 19.3 Å². The van der Waals surface area contributed by atoms with Crippen LogP contribution in [0.4, 0.5) is 4.39 Å². The minimum absolute atomic E-state index is 0.284. The van der Waals surface area contributed by atoms with Crippen LogP contribution in [-0.2, 0) is 9.53 Å². The first-order chi connectivity index (χ1) is 10.7. The van der Waals surface area contributed by atoms with Crippen molar-refractivity contribution in [3.8, 4) is 0 Å². The van der Waals surface area contributed by atoms with Gasteiger partial charge < -0.3 is 4.74 Å². The maximum absolute atomic E-state index is 13.5. The van der Waals surface area contributed by atoms with Gasteiger partial charge in [-0.05, 0) is 30.7 Å². The van der Waals surface area contributed by atoms with Crippen LogP contribution >= 0.6 is 0 Å². The van der Waals surface area contributed by atoms with Crippen LogP contribution in [0.15, 0.2) is 48.7 Å². The van der Waals surface area contributed by atoms with E-state index < -0.39 is 6.10 Å².